The van der Waals surface area contributed by atoms with E-state index in [9.17, 15) is 0 Å². The Kier molecular flexibility index (Phi) is 8.55. The van der Waals surface area contributed by atoms with Gasteiger partial charge in [0.05, 0.1) is 26.4 Å². The minimum Gasteiger partial charge on any atom is -0.491 e. The van der Waals surface area contributed by atoms with Crippen molar-refractivity contribution in [1.82, 2.24) is 9.97 Å². The number of rotatable bonds is 0. The number of aromatic nitrogens is 2. The predicted molar refractivity (Wildman–Crippen MR) is 178 cm³/mol. The SMILES string of the molecule is C=C1Cc2cc(C)cc3nc(oc23)-c2cccc(c2)OCCOCCOCCOc2cccc(c2)-c2nc3cc(C)cc(c3o2)C1. The highest BCUT2D eigenvalue weighted by atomic mass is 16.6. The van der Waals surface area contributed by atoms with Gasteiger partial charge in [0.2, 0.25) is 11.8 Å². The molecule has 0 amide bonds. The number of hydrogen-bond acceptors (Lipinski definition) is 8. The standard InChI is InChI=1S/C38H36N2O6/c1-24-16-29-18-25(2)20-33-35(29)45-37(39-33)27-6-4-8-31(22-27)43-14-12-41-10-11-42-13-15-44-32-9-5-7-28(23-32)38-40-34-21-26(3)19-30(17-24)36(34)46-38/h4-9,18-23H,1,10-17H2,2-3H3. The largest absolute Gasteiger partial charge is 0.491 e. The average Bonchev–Trinajstić information content (AvgIpc) is 3.67. The molecule has 1 aliphatic rings. The number of fused-ring (bicyclic) bond motifs is 8. The maximum absolute atomic E-state index is 6.40. The number of benzene rings is 4. The first kappa shape index (κ1) is 29.8. The Morgan fingerprint density at radius 2 is 1.02 bits per heavy atom. The Hall–Kier alpha value is -4.92. The van der Waals surface area contributed by atoms with Gasteiger partial charge in [-0.15, -0.1) is 0 Å². The Morgan fingerprint density at radius 3 is 1.50 bits per heavy atom. The van der Waals surface area contributed by atoms with Gasteiger partial charge in [0, 0.05) is 22.3 Å². The molecule has 8 nitrogen and oxygen atoms in total. The normalized spacial score (nSPS) is 15.1. The summed E-state index contributed by atoms with van der Waals surface area (Å²) in [5.74, 6) is 2.55. The minimum atomic E-state index is 0.418. The van der Waals surface area contributed by atoms with Crippen LogP contribution in [0, 0.1) is 13.8 Å². The molecule has 2 aromatic heterocycles. The fourth-order valence-electron chi connectivity index (χ4n) is 5.82. The van der Waals surface area contributed by atoms with E-state index < -0.39 is 0 Å². The summed E-state index contributed by atoms with van der Waals surface area (Å²) in [7, 11) is 0. The predicted octanol–water partition coefficient (Wildman–Crippen LogP) is 8.07. The van der Waals surface area contributed by atoms with Gasteiger partial charge in [-0.3, -0.25) is 0 Å². The molecule has 0 aliphatic carbocycles. The van der Waals surface area contributed by atoms with Crippen LogP contribution >= 0.6 is 0 Å². The smallest absolute Gasteiger partial charge is 0.227 e. The third kappa shape index (κ3) is 6.68. The third-order valence-electron chi connectivity index (χ3n) is 7.83. The highest BCUT2D eigenvalue weighted by Crippen LogP contribution is 2.33. The fourth-order valence-corrected chi connectivity index (χ4v) is 5.82. The van der Waals surface area contributed by atoms with Crippen molar-refractivity contribution < 1.29 is 27.8 Å². The number of ether oxygens (including phenoxy) is 4. The summed E-state index contributed by atoms with van der Waals surface area (Å²) in [6, 6.07) is 23.9. The zero-order valence-corrected chi connectivity index (χ0v) is 26.1. The van der Waals surface area contributed by atoms with Gasteiger partial charge in [0.15, 0.2) is 11.2 Å². The topological polar surface area (TPSA) is 89.0 Å². The fraction of sp³-hybridized carbons (Fsp3) is 0.263. The number of allylic oxidation sites excluding steroid dienone is 1. The molecule has 3 heterocycles. The van der Waals surface area contributed by atoms with Gasteiger partial charge in [-0.1, -0.05) is 36.4 Å². The molecule has 0 unspecified atom stereocenters. The summed E-state index contributed by atoms with van der Waals surface area (Å²) >= 11 is 0. The van der Waals surface area contributed by atoms with Crippen molar-refractivity contribution in [3.8, 4) is 34.4 Å². The Morgan fingerprint density at radius 1 is 0.565 bits per heavy atom. The molecule has 0 atom stereocenters. The number of hydrogen-bond donors (Lipinski definition) is 0. The Bertz CT molecular complexity index is 1880. The van der Waals surface area contributed by atoms with Crippen LogP contribution in [0.2, 0.25) is 0 Å². The monoisotopic (exact) mass is 616 g/mol. The lowest BCUT2D eigenvalue weighted by molar-refractivity contribution is 0.0273. The molecular weight excluding hydrogens is 580 g/mol. The van der Waals surface area contributed by atoms with Crippen LogP contribution in [0.25, 0.3) is 45.1 Å². The van der Waals surface area contributed by atoms with Crippen molar-refractivity contribution in [1.29, 1.82) is 0 Å². The van der Waals surface area contributed by atoms with Crippen LogP contribution in [0.5, 0.6) is 11.5 Å². The van der Waals surface area contributed by atoms with Crippen LogP contribution < -0.4 is 9.47 Å². The molecule has 0 saturated carbocycles. The van der Waals surface area contributed by atoms with Gasteiger partial charge in [-0.05, 0) is 86.3 Å². The van der Waals surface area contributed by atoms with Gasteiger partial charge in [0.25, 0.3) is 0 Å². The van der Waals surface area contributed by atoms with E-state index in [1.807, 2.05) is 48.5 Å². The summed E-state index contributed by atoms with van der Waals surface area (Å²) in [5, 5.41) is 0. The Balaban J connectivity index is 1.22. The second kappa shape index (κ2) is 13.2. The van der Waals surface area contributed by atoms with Crippen LogP contribution in [0.1, 0.15) is 22.3 Å². The molecule has 0 fully saturated rings. The zero-order chi connectivity index (χ0) is 31.5. The van der Waals surface area contributed by atoms with Crippen LogP contribution in [-0.4, -0.2) is 49.6 Å². The molecular formula is C38H36N2O6. The molecule has 1 aliphatic heterocycles. The van der Waals surface area contributed by atoms with Gasteiger partial charge < -0.3 is 27.8 Å². The quantitative estimate of drug-likeness (QED) is 0.158. The van der Waals surface area contributed by atoms with Crippen LogP contribution in [0.4, 0.5) is 0 Å². The van der Waals surface area contributed by atoms with Crippen molar-refractivity contribution >= 4 is 22.2 Å². The van der Waals surface area contributed by atoms with Gasteiger partial charge in [0.1, 0.15) is 35.7 Å². The molecule has 7 rings (SSSR count). The number of nitrogens with zero attached hydrogens (tertiary/aromatic N) is 2. The van der Waals surface area contributed by atoms with Gasteiger partial charge in [-0.2, -0.15) is 0 Å². The second-order valence-corrected chi connectivity index (χ2v) is 11.7. The van der Waals surface area contributed by atoms with E-state index in [2.05, 4.69) is 44.7 Å². The van der Waals surface area contributed by atoms with E-state index in [0.29, 0.717) is 64.3 Å². The molecule has 234 valence electrons. The number of oxazole rings is 2. The summed E-state index contributed by atoms with van der Waals surface area (Å²) in [4.78, 5) is 9.69. The molecule has 46 heavy (non-hydrogen) atoms. The molecule has 0 spiro atoms. The first-order chi connectivity index (χ1) is 22.5. The summed E-state index contributed by atoms with van der Waals surface area (Å²) < 4.78 is 36.1. The molecule has 0 N–H and O–H groups in total. The van der Waals surface area contributed by atoms with E-state index in [1.54, 1.807) is 0 Å². The maximum atomic E-state index is 6.40. The highest BCUT2D eigenvalue weighted by Gasteiger charge is 2.17. The van der Waals surface area contributed by atoms with E-state index in [0.717, 1.165) is 72.7 Å². The third-order valence-corrected chi connectivity index (χ3v) is 7.83. The molecule has 8 bridgehead atoms. The zero-order valence-electron chi connectivity index (χ0n) is 26.1. The molecule has 0 radical (unpaired) electrons. The van der Waals surface area contributed by atoms with Crippen molar-refractivity contribution in [3.63, 3.8) is 0 Å². The van der Waals surface area contributed by atoms with Crippen molar-refractivity contribution in [2.75, 3.05) is 39.6 Å². The van der Waals surface area contributed by atoms with Gasteiger partial charge >= 0.3 is 0 Å². The lowest BCUT2D eigenvalue weighted by Gasteiger charge is -2.09. The van der Waals surface area contributed by atoms with E-state index in [1.165, 1.54) is 0 Å². The van der Waals surface area contributed by atoms with Gasteiger partial charge in [-0.25, -0.2) is 9.97 Å². The minimum absolute atomic E-state index is 0.418. The van der Waals surface area contributed by atoms with Crippen molar-refractivity contribution in [2.45, 2.75) is 26.7 Å². The van der Waals surface area contributed by atoms with Crippen LogP contribution in [-0.2, 0) is 22.3 Å². The summed E-state index contributed by atoms with van der Waals surface area (Å²) in [5.41, 5.74) is 10.2. The molecule has 8 heteroatoms. The van der Waals surface area contributed by atoms with E-state index in [-0.39, 0.29) is 0 Å². The average molecular weight is 617 g/mol. The first-order valence-corrected chi connectivity index (χ1v) is 15.6. The molecule has 4 aromatic carbocycles. The number of aryl methyl sites for hydroxylation is 2. The van der Waals surface area contributed by atoms with E-state index >= 15 is 0 Å². The lowest BCUT2D eigenvalue weighted by atomic mass is 9.97. The maximum Gasteiger partial charge on any atom is 0.227 e. The first-order valence-electron chi connectivity index (χ1n) is 15.6. The highest BCUT2D eigenvalue weighted by molar-refractivity contribution is 5.82. The Labute approximate surface area is 267 Å². The van der Waals surface area contributed by atoms with Crippen LogP contribution in [0.15, 0.2) is 93.8 Å². The van der Waals surface area contributed by atoms with Crippen molar-refractivity contribution in [2.24, 2.45) is 0 Å². The summed E-state index contributed by atoms with van der Waals surface area (Å²) in [6.07, 6.45) is 1.27. The lowest BCUT2D eigenvalue weighted by Crippen LogP contribution is -2.13. The summed E-state index contributed by atoms with van der Waals surface area (Å²) in [6.45, 7) is 11.3. The van der Waals surface area contributed by atoms with Crippen LogP contribution in [0.3, 0.4) is 0 Å². The van der Waals surface area contributed by atoms with E-state index in [4.69, 9.17) is 37.7 Å². The molecule has 0 saturated heterocycles. The van der Waals surface area contributed by atoms with Crippen molar-refractivity contribution in [3.05, 3.63) is 107 Å². The molecule has 6 aromatic rings. The second-order valence-electron chi connectivity index (χ2n) is 11.7.